The molecule has 0 saturated carbocycles. The number of carbonyl (C=O) groups is 1. The van der Waals surface area contributed by atoms with Crippen molar-refractivity contribution in [1.82, 2.24) is 10.6 Å². The molecule has 1 amide bonds. The van der Waals surface area contributed by atoms with Crippen LogP contribution >= 0.6 is 28.1 Å². The van der Waals surface area contributed by atoms with Gasteiger partial charge in [-0.1, -0.05) is 0 Å². The fraction of sp³-hybridized carbons (Fsp3) is 0.385. The molecule has 0 saturated heterocycles. The molecule has 0 radical (unpaired) electrons. The third-order valence-electron chi connectivity index (χ3n) is 2.14. The number of ether oxygens (including phenoxy) is 1. The van der Waals surface area contributed by atoms with Crippen LogP contribution in [0, 0.1) is 0 Å². The van der Waals surface area contributed by atoms with Crippen molar-refractivity contribution >= 4 is 39.2 Å². The zero-order chi connectivity index (χ0) is 14.4. The molecule has 0 aliphatic carbocycles. The lowest BCUT2D eigenvalue weighted by Gasteiger charge is -2.12. The number of hydrogen-bond acceptors (Lipinski definition) is 3. The molecule has 2 N–H and O–H groups in total. The molecule has 0 spiro atoms. The van der Waals surface area contributed by atoms with Gasteiger partial charge in [-0.05, 0) is 67.1 Å². The molecule has 0 heterocycles. The Morgan fingerprint density at radius 1 is 1.47 bits per heavy atom. The van der Waals surface area contributed by atoms with Crippen LogP contribution in [-0.2, 0) is 0 Å². The maximum absolute atomic E-state index is 12.0. The summed E-state index contributed by atoms with van der Waals surface area (Å²) in [5.41, 5.74) is 0.517. The Balaban J connectivity index is 2.72. The normalized spacial score (nSPS) is 10.2. The average molecular weight is 345 g/mol. The molecule has 0 aromatic heterocycles. The van der Waals surface area contributed by atoms with Crippen LogP contribution in [0.3, 0.4) is 0 Å². The van der Waals surface area contributed by atoms with Gasteiger partial charge in [0.05, 0.1) is 11.1 Å². The van der Waals surface area contributed by atoms with Gasteiger partial charge in [0.2, 0.25) is 0 Å². The predicted octanol–water partition coefficient (Wildman–Crippen LogP) is 2.86. The zero-order valence-corrected chi connectivity index (χ0v) is 13.5. The highest BCUT2D eigenvalue weighted by Gasteiger charge is 2.11. The minimum Gasteiger partial charge on any atom is -0.493 e. The summed E-state index contributed by atoms with van der Waals surface area (Å²) in [7, 11) is 0. The number of hydrogen-bond donors (Lipinski definition) is 2. The summed E-state index contributed by atoms with van der Waals surface area (Å²) in [6.45, 7) is 6.38. The van der Waals surface area contributed by atoms with Gasteiger partial charge in [0.1, 0.15) is 5.75 Å². The van der Waals surface area contributed by atoms with Crippen LogP contribution < -0.4 is 15.4 Å². The van der Waals surface area contributed by atoms with Gasteiger partial charge in [-0.25, -0.2) is 0 Å². The molecule has 0 unspecified atom stereocenters. The number of carbonyl (C=O) groups excluding carboxylic acids is 1. The lowest BCUT2D eigenvalue weighted by molar-refractivity contribution is 0.0976. The molecule has 19 heavy (non-hydrogen) atoms. The van der Waals surface area contributed by atoms with Crippen LogP contribution in [0.5, 0.6) is 5.75 Å². The number of thiocarbonyl (C=S) groups is 1. The van der Waals surface area contributed by atoms with Crippen LogP contribution in [0.1, 0.15) is 31.1 Å². The van der Waals surface area contributed by atoms with Gasteiger partial charge in [-0.2, -0.15) is 0 Å². The van der Waals surface area contributed by atoms with Crippen molar-refractivity contribution in [2.24, 2.45) is 0 Å². The predicted molar refractivity (Wildman–Crippen MR) is 83.6 cm³/mol. The van der Waals surface area contributed by atoms with Gasteiger partial charge >= 0.3 is 0 Å². The second-order valence-electron chi connectivity index (χ2n) is 4.16. The minimum absolute atomic E-state index is 0.180. The number of rotatable bonds is 4. The molecule has 4 nitrogen and oxygen atoms in total. The third-order valence-corrected chi connectivity index (χ3v) is 2.98. The van der Waals surface area contributed by atoms with Crippen molar-refractivity contribution in [2.75, 3.05) is 6.61 Å². The fourth-order valence-corrected chi connectivity index (χ4v) is 2.21. The highest BCUT2D eigenvalue weighted by Crippen LogP contribution is 2.25. The second kappa shape index (κ2) is 7.45. The molecular weight excluding hydrogens is 328 g/mol. The summed E-state index contributed by atoms with van der Waals surface area (Å²) in [5.74, 6) is 0.462. The summed E-state index contributed by atoms with van der Waals surface area (Å²) in [6.07, 6.45) is 0. The van der Waals surface area contributed by atoms with Gasteiger partial charge < -0.3 is 10.1 Å². The molecule has 1 aromatic carbocycles. The quantitative estimate of drug-likeness (QED) is 0.824. The summed E-state index contributed by atoms with van der Waals surface area (Å²) in [6, 6.07) is 5.34. The summed E-state index contributed by atoms with van der Waals surface area (Å²) >= 11 is 8.40. The number of halogens is 1. The maximum Gasteiger partial charge on any atom is 0.257 e. The summed E-state index contributed by atoms with van der Waals surface area (Å²) in [4.78, 5) is 12.0. The van der Waals surface area contributed by atoms with Crippen LogP contribution in [0.15, 0.2) is 22.7 Å². The Labute approximate surface area is 127 Å². The smallest absolute Gasteiger partial charge is 0.257 e. The summed E-state index contributed by atoms with van der Waals surface area (Å²) in [5, 5.41) is 5.90. The summed E-state index contributed by atoms with van der Waals surface area (Å²) < 4.78 is 6.13. The molecule has 0 aliphatic heterocycles. The van der Waals surface area contributed by atoms with E-state index in [0.29, 0.717) is 23.0 Å². The second-order valence-corrected chi connectivity index (χ2v) is 5.42. The number of amides is 1. The van der Waals surface area contributed by atoms with E-state index in [1.165, 1.54) is 0 Å². The molecule has 1 aromatic rings. The molecule has 0 atom stereocenters. The van der Waals surface area contributed by atoms with Crippen LogP contribution in [-0.4, -0.2) is 23.7 Å². The van der Waals surface area contributed by atoms with E-state index in [2.05, 4.69) is 26.6 Å². The van der Waals surface area contributed by atoms with Crippen molar-refractivity contribution < 1.29 is 9.53 Å². The SMILES string of the molecule is CCOc1ccc(C(=O)NC(=S)NC(C)C)cc1Br. The van der Waals surface area contributed by atoms with Crippen LogP contribution in [0.2, 0.25) is 0 Å². The largest absolute Gasteiger partial charge is 0.493 e. The van der Waals surface area contributed by atoms with Gasteiger partial charge in [0.15, 0.2) is 5.11 Å². The topological polar surface area (TPSA) is 50.4 Å². The van der Waals surface area contributed by atoms with E-state index in [9.17, 15) is 4.79 Å². The first-order chi connectivity index (χ1) is 8.93. The Morgan fingerprint density at radius 2 is 2.16 bits per heavy atom. The lowest BCUT2D eigenvalue weighted by Crippen LogP contribution is -2.42. The molecule has 0 aliphatic rings. The van der Waals surface area contributed by atoms with Gasteiger partial charge in [0.25, 0.3) is 5.91 Å². The molecule has 0 fully saturated rings. The van der Waals surface area contributed by atoms with Gasteiger partial charge in [-0.3, -0.25) is 10.1 Å². The minimum atomic E-state index is -0.248. The van der Waals surface area contributed by atoms with E-state index < -0.39 is 0 Å². The highest BCUT2D eigenvalue weighted by atomic mass is 79.9. The number of benzene rings is 1. The van der Waals surface area contributed by atoms with E-state index in [4.69, 9.17) is 17.0 Å². The van der Waals surface area contributed by atoms with E-state index in [1.807, 2.05) is 20.8 Å². The Hall–Kier alpha value is -1.14. The van der Waals surface area contributed by atoms with Gasteiger partial charge in [0, 0.05) is 11.6 Å². The molecular formula is C13H17BrN2O2S. The van der Waals surface area contributed by atoms with Crippen LogP contribution in [0.25, 0.3) is 0 Å². The molecule has 1 rings (SSSR count). The van der Waals surface area contributed by atoms with Crippen molar-refractivity contribution in [3.05, 3.63) is 28.2 Å². The monoisotopic (exact) mass is 344 g/mol. The van der Waals surface area contributed by atoms with E-state index in [1.54, 1.807) is 18.2 Å². The van der Waals surface area contributed by atoms with Crippen molar-refractivity contribution in [3.63, 3.8) is 0 Å². The Morgan fingerprint density at radius 3 is 2.68 bits per heavy atom. The van der Waals surface area contributed by atoms with E-state index in [-0.39, 0.29) is 11.9 Å². The average Bonchev–Trinajstić information content (AvgIpc) is 2.30. The van der Waals surface area contributed by atoms with E-state index in [0.717, 1.165) is 4.47 Å². The van der Waals surface area contributed by atoms with Crippen molar-refractivity contribution in [2.45, 2.75) is 26.8 Å². The van der Waals surface area contributed by atoms with Crippen molar-refractivity contribution in [1.29, 1.82) is 0 Å². The first-order valence-corrected chi connectivity index (χ1v) is 7.18. The Kier molecular flexibility index (Phi) is 6.24. The Bertz CT molecular complexity index is 478. The third kappa shape index (κ3) is 5.16. The van der Waals surface area contributed by atoms with Gasteiger partial charge in [-0.15, -0.1) is 0 Å². The molecule has 6 heteroatoms. The first kappa shape index (κ1) is 15.9. The highest BCUT2D eigenvalue weighted by molar-refractivity contribution is 9.10. The molecule has 0 bridgehead atoms. The van der Waals surface area contributed by atoms with E-state index >= 15 is 0 Å². The van der Waals surface area contributed by atoms with Crippen molar-refractivity contribution in [3.8, 4) is 5.75 Å². The first-order valence-electron chi connectivity index (χ1n) is 5.98. The zero-order valence-electron chi connectivity index (χ0n) is 11.1. The van der Waals surface area contributed by atoms with Crippen LogP contribution in [0.4, 0.5) is 0 Å². The maximum atomic E-state index is 12.0. The number of nitrogens with one attached hydrogen (secondary N) is 2. The standard InChI is InChI=1S/C13H17BrN2O2S/c1-4-18-11-6-5-9(7-10(11)14)12(17)16-13(19)15-8(2)3/h5-8H,4H2,1-3H3,(H2,15,16,17,19). The lowest BCUT2D eigenvalue weighted by atomic mass is 10.2. The fourth-order valence-electron chi connectivity index (χ4n) is 1.39. The molecule has 104 valence electrons.